The minimum absolute atomic E-state index is 0.0949. The summed E-state index contributed by atoms with van der Waals surface area (Å²) in [4.78, 5) is 0. The molecule has 0 aliphatic heterocycles. The van der Waals surface area contributed by atoms with Crippen molar-refractivity contribution in [3.63, 3.8) is 0 Å². The van der Waals surface area contributed by atoms with Crippen LogP contribution in [0.25, 0.3) is 0 Å². The third-order valence-corrected chi connectivity index (χ3v) is 0.896. The standard InChI is InChI=1S/C3H6ClNO2S/c1-3(4)2-5-8(6)7/h5H,1-2H2,(H,6,7)/p-1. The molecule has 0 aromatic heterocycles. The minimum Gasteiger partial charge on any atom is -0.760 e. The maximum absolute atomic E-state index is 9.69. The molecule has 0 aliphatic carbocycles. The summed E-state index contributed by atoms with van der Waals surface area (Å²) in [5, 5.41) is 0.272. The van der Waals surface area contributed by atoms with Crippen LogP contribution in [-0.4, -0.2) is 15.3 Å². The Balaban J connectivity index is 3.18. The molecule has 5 heteroatoms. The Kier molecular flexibility index (Phi) is 4.08. The zero-order valence-corrected chi connectivity index (χ0v) is 5.59. The van der Waals surface area contributed by atoms with Gasteiger partial charge in [-0.05, 0) is 0 Å². The SMILES string of the molecule is C=C(Cl)CNS(=O)[O-]. The first-order chi connectivity index (χ1) is 3.63. The first-order valence-electron chi connectivity index (χ1n) is 1.79. The molecule has 0 aromatic rings. The molecule has 0 aliphatic rings. The number of hydrogen-bond donors (Lipinski definition) is 1. The average Bonchev–Trinajstić information content (AvgIpc) is 1.61. The summed E-state index contributed by atoms with van der Waals surface area (Å²) in [6, 6.07) is 0. The van der Waals surface area contributed by atoms with Crippen LogP contribution in [0.3, 0.4) is 0 Å². The maximum Gasteiger partial charge on any atom is 0.0424 e. The quantitative estimate of drug-likeness (QED) is 0.588. The van der Waals surface area contributed by atoms with Crippen molar-refractivity contribution in [2.24, 2.45) is 0 Å². The lowest BCUT2D eigenvalue weighted by molar-refractivity contribution is 0.526. The topological polar surface area (TPSA) is 52.2 Å². The molecule has 0 saturated heterocycles. The van der Waals surface area contributed by atoms with E-state index in [1.165, 1.54) is 0 Å². The van der Waals surface area contributed by atoms with Crippen molar-refractivity contribution in [2.75, 3.05) is 6.54 Å². The summed E-state index contributed by atoms with van der Waals surface area (Å²) in [5.74, 6) is 0. The van der Waals surface area contributed by atoms with E-state index in [4.69, 9.17) is 11.6 Å². The second-order valence-corrected chi connectivity index (χ2v) is 2.37. The largest absolute Gasteiger partial charge is 0.760 e. The van der Waals surface area contributed by atoms with Crippen LogP contribution >= 0.6 is 11.6 Å². The smallest absolute Gasteiger partial charge is 0.0424 e. The van der Waals surface area contributed by atoms with Crippen LogP contribution in [0.15, 0.2) is 11.6 Å². The molecule has 0 heterocycles. The molecule has 1 unspecified atom stereocenters. The Bertz CT molecular complexity index is 102. The third-order valence-electron chi connectivity index (χ3n) is 0.382. The number of rotatable bonds is 3. The molecule has 0 fully saturated rings. The third kappa shape index (κ3) is 6.10. The molecule has 8 heavy (non-hydrogen) atoms. The van der Waals surface area contributed by atoms with E-state index in [1.807, 2.05) is 4.72 Å². The van der Waals surface area contributed by atoms with Gasteiger partial charge in [-0.1, -0.05) is 18.2 Å². The number of nitrogens with one attached hydrogen (secondary N) is 1. The molecule has 3 nitrogen and oxygen atoms in total. The molecule has 0 amide bonds. The molecule has 0 radical (unpaired) electrons. The lowest BCUT2D eigenvalue weighted by Gasteiger charge is -2.03. The summed E-state index contributed by atoms with van der Waals surface area (Å²) in [7, 11) is 0. The van der Waals surface area contributed by atoms with E-state index in [0.717, 1.165) is 0 Å². The Morgan fingerprint density at radius 1 is 2.00 bits per heavy atom. The molecule has 1 N–H and O–H groups in total. The van der Waals surface area contributed by atoms with Crippen molar-refractivity contribution < 1.29 is 8.76 Å². The number of halogens is 1. The van der Waals surface area contributed by atoms with Crippen molar-refractivity contribution in [3.05, 3.63) is 11.6 Å². The molecule has 1 atom stereocenters. The van der Waals surface area contributed by atoms with Gasteiger partial charge < -0.3 is 4.55 Å². The van der Waals surface area contributed by atoms with Crippen molar-refractivity contribution in [2.45, 2.75) is 0 Å². The van der Waals surface area contributed by atoms with E-state index in [9.17, 15) is 8.76 Å². The van der Waals surface area contributed by atoms with Gasteiger partial charge in [0.25, 0.3) is 0 Å². The molecular formula is C3H5ClNO2S-. The molecule has 0 aromatic carbocycles. The predicted octanol–water partition coefficient (Wildman–Crippen LogP) is 0.123. The molecule has 0 saturated carbocycles. The minimum atomic E-state index is -2.23. The van der Waals surface area contributed by atoms with Crippen LogP contribution in [0.4, 0.5) is 0 Å². The second kappa shape index (κ2) is 4.03. The van der Waals surface area contributed by atoms with Gasteiger partial charge >= 0.3 is 0 Å². The number of hydrogen-bond acceptors (Lipinski definition) is 2. The van der Waals surface area contributed by atoms with Crippen LogP contribution in [-0.2, 0) is 11.3 Å². The van der Waals surface area contributed by atoms with Gasteiger partial charge in [-0.15, -0.1) is 0 Å². The van der Waals surface area contributed by atoms with Crippen LogP contribution in [0.2, 0.25) is 0 Å². The van der Waals surface area contributed by atoms with Crippen molar-refractivity contribution in [1.82, 2.24) is 4.72 Å². The van der Waals surface area contributed by atoms with Crippen LogP contribution in [0.1, 0.15) is 0 Å². The fraction of sp³-hybridized carbons (Fsp3) is 0.333. The highest BCUT2D eigenvalue weighted by atomic mass is 35.5. The Hall–Kier alpha value is 0.1000. The summed E-state index contributed by atoms with van der Waals surface area (Å²) in [5.41, 5.74) is 0. The summed E-state index contributed by atoms with van der Waals surface area (Å²) < 4.78 is 21.4. The highest BCUT2D eigenvalue weighted by Gasteiger charge is 1.83. The fourth-order valence-corrected chi connectivity index (χ4v) is 0.575. The van der Waals surface area contributed by atoms with Gasteiger partial charge in [0.1, 0.15) is 0 Å². The van der Waals surface area contributed by atoms with E-state index in [-0.39, 0.29) is 11.6 Å². The van der Waals surface area contributed by atoms with E-state index < -0.39 is 11.3 Å². The zero-order chi connectivity index (χ0) is 6.57. The average molecular weight is 155 g/mol. The summed E-state index contributed by atoms with van der Waals surface area (Å²) >= 11 is 2.96. The van der Waals surface area contributed by atoms with Crippen LogP contribution in [0.5, 0.6) is 0 Å². The zero-order valence-electron chi connectivity index (χ0n) is 4.02. The van der Waals surface area contributed by atoms with Gasteiger partial charge in [0.05, 0.1) is 0 Å². The monoisotopic (exact) mass is 154 g/mol. The normalized spacial score (nSPS) is 13.2. The van der Waals surface area contributed by atoms with Crippen LogP contribution in [0, 0.1) is 0 Å². The fourth-order valence-electron chi connectivity index (χ4n) is 0.137. The van der Waals surface area contributed by atoms with E-state index in [1.54, 1.807) is 0 Å². The first-order valence-corrected chi connectivity index (χ1v) is 3.24. The highest BCUT2D eigenvalue weighted by molar-refractivity contribution is 7.77. The van der Waals surface area contributed by atoms with Crippen LogP contribution < -0.4 is 4.72 Å². The van der Waals surface area contributed by atoms with Crippen molar-refractivity contribution >= 4 is 22.9 Å². The summed E-state index contributed by atoms with van der Waals surface area (Å²) in [6.45, 7) is 3.35. The van der Waals surface area contributed by atoms with E-state index in [2.05, 4.69) is 6.58 Å². The van der Waals surface area contributed by atoms with Crippen molar-refractivity contribution in [3.8, 4) is 0 Å². The van der Waals surface area contributed by atoms with Gasteiger partial charge in [0.15, 0.2) is 0 Å². The molecule has 0 bridgehead atoms. The highest BCUT2D eigenvalue weighted by Crippen LogP contribution is 1.91. The lowest BCUT2D eigenvalue weighted by atomic mass is 10.7. The molecule has 48 valence electrons. The van der Waals surface area contributed by atoms with Gasteiger partial charge in [-0.3, -0.25) is 4.21 Å². The van der Waals surface area contributed by atoms with Gasteiger partial charge in [0.2, 0.25) is 0 Å². The van der Waals surface area contributed by atoms with Gasteiger partial charge in [0, 0.05) is 22.8 Å². The van der Waals surface area contributed by atoms with E-state index in [0.29, 0.717) is 0 Å². The van der Waals surface area contributed by atoms with Crippen molar-refractivity contribution in [1.29, 1.82) is 0 Å². The molecular weight excluding hydrogens is 150 g/mol. The Labute approximate surface area is 55.1 Å². The van der Waals surface area contributed by atoms with E-state index >= 15 is 0 Å². The Morgan fingerprint density at radius 2 is 2.50 bits per heavy atom. The van der Waals surface area contributed by atoms with Gasteiger partial charge in [-0.2, -0.15) is 0 Å². The molecule has 0 rings (SSSR count). The first kappa shape index (κ1) is 8.10. The lowest BCUT2D eigenvalue weighted by Crippen LogP contribution is -2.17. The Morgan fingerprint density at radius 3 is 2.62 bits per heavy atom. The predicted molar refractivity (Wildman–Crippen MR) is 31.9 cm³/mol. The maximum atomic E-state index is 9.69. The molecule has 0 spiro atoms. The van der Waals surface area contributed by atoms with Gasteiger partial charge in [-0.25, -0.2) is 4.72 Å². The summed E-state index contributed by atoms with van der Waals surface area (Å²) in [6.07, 6.45) is 0. The second-order valence-electron chi connectivity index (χ2n) is 1.07.